The van der Waals surface area contributed by atoms with E-state index in [0.717, 1.165) is 6.08 Å². The van der Waals surface area contributed by atoms with E-state index in [1.807, 2.05) is 0 Å². The van der Waals surface area contributed by atoms with Crippen molar-refractivity contribution in [1.29, 1.82) is 0 Å². The Labute approximate surface area is 230 Å². The lowest BCUT2D eigenvalue weighted by Crippen LogP contribution is -2.30. The van der Waals surface area contributed by atoms with Gasteiger partial charge in [-0.05, 0) is 24.3 Å². The molecule has 0 saturated carbocycles. The van der Waals surface area contributed by atoms with E-state index in [2.05, 4.69) is 0 Å². The summed E-state index contributed by atoms with van der Waals surface area (Å²) in [6.07, 6.45) is 1.20. The van der Waals surface area contributed by atoms with Gasteiger partial charge in [0.2, 0.25) is 6.29 Å². The van der Waals surface area contributed by atoms with Gasteiger partial charge < -0.3 is 24.8 Å². The standard InChI is InChI=1S/C32H26O8/c1-20(12-17-29(35)36)32(39-23-13-15-25(27(33)18-23)30(37)21-8-4-2-5-9-21)40-24-14-16-26(28(34)19-24)31(38)22-10-6-3-7-11-22/h2-20,32-34H,1H3,(H,35,36). The summed E-state index contributed by atoms with van der Waals surface area (Å²) in [6.45, 7) is 1.66. The Balaban J connectivity index is 1.57. The monoisotopic (exact) mass is 538 g/mol. The quantitative estimate of drug-likeness (QED) is 0.127. The van der Waals surface area contributed by atoms with Crippen molar-refractivity contribution in [2.75, 3.05) is 0 Å². The summed E-state index contributed by atoms with van der Waals surface area (Å²) in [4.78, 5) is 36.6. The van der Waals surface area contributed by atoms with Crippen molar-refractivity contribution in [3.8, 4) is 23.0 Å². The van der Waals surface area contributed by atoms with Crippen LogP contribution < -0.4 is 9.47 Å². The predicted octanol–water partition coefficient (Wildman–Crippen LogP) is 5.62. The summed E-state index contributed by atoms with van der Waals surface area (Å²) >= 11 is 0. The highest BCUT2D eigenvalue weighted by molar-refractivity contribution is 6.11. The number of carboxylic acids is 1. The third-order valence-corrected chi connectivity index (χ3v) is 5.98. The molecule has 202 valence electrons. The molecule has 0 bridgehead atoms. The van der Waals surface area contributed by atoms with Gasteiger partial charge in [0.25, 0.3) is 0 Å². The zero-order valence-electron chi connectivity index (χ0n) is 21.4. The number of aliphatic carboxylic acids is 1. The molecule has 0 spiro atoms. The number of aromatic hydroxyl groups is 2. The number of phenolic OH excluding ortho intramolecular Hbond substituents is 2. The molecule has 4 aromatic carbocycles. The molecule has 0 aliphatic carbocycles. The van der Waals surface area contributed by atoms with Gasteiger partial charge in [0, 0.05) is 35.3 Å². The second kappa shape index (κ2) is 12.4. The highest BCUT2D eigenvalue weighted by atomic mass is 16.7. The van der Waals surface area contributed by atoms with Crippen LogP contribution in [0.5, 0.6) is 23.0 Å². The SMILES string of the molecule is CC(C=CC(=O)O)C(Oc1ccc(C(=O)c2ccccc2)c(O)c1)Oc1ccc(C(=O)c2ccccc2)c(O)c1. The molecule has 0 aliphatic heterocycles. The summed E-state index contributed by atoms with van der Waals surface area (Å²) in [7, 11) is 0. The van der Waals surface area contributed by atoms with Crippen LogP contribution in [0.1, 0.15) is 38.8 Å². The van der Waals surface area contributed by atoms with Crippen LogP contribution in [0, 0.1) is 5.92 Å². The summed E-state index contributed by atoms with van der Waals surface area (Å²) in [6, 6.07) is 25.3. The van der Waals surface area contributed by atoms with E-state index >= 15 is 0 Å². The highest BCUT2D eigenvalue weighted by Gasteiger charge is 2.23. The predicted molar refractivity (Wildman–Crippen MR) is 147 cm³/mol. The third-order valence-electron chi connectivity index (χ3n) is 5.98. The van der Waals surface area contributed by atoms with Crippen molar-refractivity contribution in [1.82, 2.24) is 0 Å². The van der Waals surface area contributed by atoms with Gasteiger partial charge in [-0.25, -0.2) is 4.79 Å². The Morgan fingerprint density at radius 3 is 1.48 bits per heavy atom. The summed E-state index contributed by atoms with van der Waals surface area (Å²) < 4.78 is 11.9. The molecule has 0 fully saturated rings. The van der Waals surface area contributed by atoms with Gasteiger partial charge in [-0.3, -0.25) is 9.59 Å². The lowest BCUT2D eigenvalue weighted by atomic mass is 10.0. The number of carboxylic acid groups (broad SMARTS) is 1. The van der Waals surface area contributed by atoms with Gasteiger partial charge in [0.05, 0.1) is 11.1 Å². The molecule has 0 aromatic heterocycles. The summed E-state index contributed by atoms with van der Waals surface area (Å²) in [5.41, 5.74) is 0.986. The fourth-order valence-electron chi connectivity index (χ4n) is 3.88. The molecular weight excluding hydrogens is 512 g/mol. The van der Waals surface area contributed by atoms with Crippen molar-refractivity contribution in [2.45, 2.75) is 13.2 Å². The Morgan fingerprint density at radius 2 is 1.10 bits per heavy atom. The fourth-order valence-corrected chi connectivity index (χ4v) is 3.88. The topological polar surface area (TPSA) is 130 Å². The number of phenols is 2. The van der Waals surface area contributed by atoms with Gasteiger partial charge >= 0.3 is 5.97 Å². The van der Waals surface area contributed by atoms with E-state index < -0.39 is 18.2 Å². The number of hydrogen-bond acceptors (Lipinski definition) is 7. The third kappa shape index (κ3) is 6.73. The number of ketones is 2. The zero-order valence-corrected chi connectivity index (χ0v) is 21.4. The Hall–Kier alpha value is -5.37. The second-order valence-corrected chi connectivity index (χ2v) is 8.91. The first-order chi connectivity index (χ1) is 19.2. The molecule has 3 N–H and O–H groups in total. The first kappa shape index (κ1) is 27.7. The molecule has 0 amide bonds. The Kier molecular flexibility index (Phi) is 8.61. The van der Waals surface area contributed by atoms with Crippen molar-refractivity contribution in [2.24, 2.45) is 5.92 Å². The molecule has 4 rings (SSSR count). The maximum atomic E-state index is 12.8. The highest BCUT2D eigenvalue weighted by Crippen LogP contribution is 2.30. The van der Waals surface area contributed by atoms with E-state index in [9.17, 15) is 24.6 Å². The van der Waals surface area contributed by atoms with Gasteiger partial charge in [0.15, 0.2) is 11.6 Å². The molecule has 8 heteroatoms. The van der Waals surface area contributed by atoms with Crippen molar-refractivity contribution in [3.63, 3.8) is 0 Å². The first-order valence-corrected chi connectivity index (χ1v) is 12.3. The minimum Gasteiger partial charge on any atom is -0.507 e. The van der Waals surface area contributed by atoms with Crippen LogP contribution in [0.2, 0.25) is 0 Å². The maximum Gasteiger partial charge on any atom is 0.327 e. The fraction of sp³-hybridized carbons (Fsp3) is 0.0938. The normalized spacial score (nSPS) is 11.8. The lowest BCUT2D eigenvalue weighted by molar-refractivity contribution is -0.131. The van der Waals surface area contributed by atoms with Crippen LogP contribution in [-0.2, 0) is 4.79 Å². The van der Waals surface area contributed by atoms with Crippen LogP contribution in [0.15, 0.2) is 109 Å². The van der Waals surface area contributed by atoms with Gasteiger partial charge in [0.1, 0.15) is 23.0 Å². The number of carbonyl (C=O) groups excluding carboxylic acids is 2. The van der Waals surface area contributed by atoms with Gasteiger partial charge in [-0.2, -0.15) is 0 Å². The number of rotatable bonds is 11. The number of carbonyl (C=O) groups is 3. The van der Waals surface area contributed by atoms with E-state index in [4.69, 9.17) is 14.6 Å². The molecule has 0 heterocycles. The summed E-state index contributed by atoms with van der Waals surface area (Å²) in [5.74, 6) is -2.80. The van der Waals surface area contributed by atoms with Crippen molar-refractivity contribution in [3.05, 3.63) is 131 Å². The maximum absolute atomic E-state index is 12.8. The number of hydrogen-bond donors (Lipinski definition) is 3. The average Bonchev–Trinajstić information content (AvgIpc) is 2.96. The number of benzene rings is 4. The van der Waals surface area contributed by atoms with E-state index in [0.29, 0.717) is 11.1 Å². The van der Waals surface area contributed by atoms with Crippen LogP contribution in [0.3, 0.4) is 0 Å². The molecular formula is C32H26O8. The molecule has 0 saturated heterocycles. The molecule has 1 unspecified atom stereocenters. The molecule has 4 aromatic rings. The minimum atomic E-state index is -1.16. The van der Waals surface area contributed by atoms with Crippen LogP contribution in [0.25, 0.3) is 0 Å². The molecule has 0 radical (unpaired) electrons. The minimum absolute atomic E-state index is 0.0819. The van der Waals surface area contributed by atoms with Crippen LogP contribution in [0.4, 0.5) is 0 Å². The molecule has 0 aliphatic rings. The molecule has 1 atom stereocenters. The summed E-state index contributed by atoms with van der Waals surface area (Å²) in [5, 5.41) is 30.2. The smallest absolute Gasteiger partial charge is 0.327 e. The molecule has 8 nitrogen and oxygen atoms in total. The molecule has 40 heavy (non-hydrogen) atoms. The largest absolute Gasteiger partial charge is 0.507 e. The van der Waals surface area contributed by atoms with Crippen molar-refractivity contribution < 1.29 is 39.2 Å². The zero-order chi connectivity index (χ0) is 28.6. The van der Waals surface area contributed by atoms with E-state index in [1.54, 1.807) is 67.6 Å². The Morgan fingerprint density at radius 1 is 0.675 bits per heavy atom. The Bertz CT molecular complexity index is 1440. The average molecular weight is 539 g/mol. The van der Waals surface area contributed by atoms with Crippen molar-refractivity contribution >= 4 is 17.5 Å². The first-order valence-electron chi connectivity index (χ1n) is 12.3. The van der Waals surface area contributed by atoms with E-state index in [-0.39, 0.29) is 45.7 Å². The van der Waals surface area contributed by atoms with Crippen LogP contribution in [-0.4, -0.2) is 39.1 Å². The number of ether oxygens (including phenoxy) is 2. The van der Waals surface area contributed by atoms with Gasteiger partial charge in [-0.15, -0.1) is 0 Å². The van der Waals surface area contributed by atoms with E-state index in [1.165, 1.54) is 42.5 Å². The lowest BCUT2D eigenvalue weighted by Gasteiger charge is -2.24. The van der Waals surface area contributed by atoms with Gasteiger partial charge in [-0.1, -0.05) is 73.7 Å². The second-order valence-electron chi connectivity index (χ2n) is 8.91. The van der Waals surface area contributed by atoms with Crippen LogP contribution >= 0.6 is 0 Å².